The minimum absolute atomic E-state index is 0.194. The van der Waals surface area contributed by atoms with Gasteiger partial charge in [0.1, 0.15) is 0 Å². The summed E-state index contributed by atoms with van der Waals surface area (Å²) in [6.45, 7) is 5.29. The fourth-order valence-corrected chi connectivity index (χ4v) is 3.15. The molecule has 102 valence electrons. The standard InChI is InChI=1S/C14H29NO2/c1-3-12(4-2)15(10-11-16)13-8-6-5-7-9-14(13)17/h12-14,16-17H,3-11H2,1-2H3. The van der Waals surface area contributed by atoms with Crippen molar-refractivity contribution < 1.29 is 10.2 Å². The summed E-state index contributed by atoms with van der Waals surface area (Å²) in [6.07, 6.45) is 7.59. The second kappa shape index (κ2) is 8.06. The fraction of sp³-hybridized carbons (Fsp3) is 1.00. The molecule has 2 unspecified atom stereocenters. The Hall–Kier alpha value is -0.120. The van der Waals surface area contributed by atoms with E-state index in [1.807, 2.05) is 0 Å². The Balaban J connectivity index is 2.71. The molecule has 17 heavy (non-hydrogen) atoms. The normalized spacial score (nSPS) is 26.5. The van der Waals surface area contributed by atoms with Gasteiger partial charge in [-0.3, -0.25) is 4.90 Å². The molecule has 0 radical (unpaired) electrons. The third-order valence-corrected chi connectivity index (χ3v) is 4.14. The zero-order valence-electron chi connectivity index (χ0n) is 11.4. The minimum Gasteiger partial charge on any atom is -0.395 e. The van der Waals surface area contributed by atoms with Gasteiger partial charge in [0.05, 0.1) is 12.7 Å². The quantitative estimate of drug-likeness (QED) is 0.703. The van der Waals surface area contributed by atoms with E-state index >= 15 is 0 Å². The third-order valence-electron chi connectivity index (χ3n) is 4.14. The monoisotopic (exact) mass is 243 g/mol. The molecule has 0 aliphatic heterocycles. The minimum atomic E-state index is -0.204. The van der Waals surface area contributed by atoms with Crippen molar-refractivity contribution in [2.75, 3.05) is 13.2 Å². The Morgan fingerprint density at radius 3 is 2.35 bits per heavy atom. The lowest BCUT2D eigenvalue weighted by atomic mass is 9.99. The van der Waals surface area contributed by atoms with Crippen LogP contribution in [0, 0.1) is 0 Å². The largest absolute Gasteiger partial charge is 0.395 e. The molecule has 3 nitrogen and oxygen atoms in total. The van der Waals surface area contributed by atoms with Crippen LogP contribution in [0.2, 0.25) is 0 Å². The van der Waals surface area contributed by atoms with E-state index in [-0.39, 0.29) is 18.8 Å². The van der Waals surface area contributed by atoms with Crippen molar-refractivity contribution in [2.45, 2.75) is 77.0 Å². The van der Waals surface area contributed by atoms with E-state index in [2.05, 4.69) is 18.7 Å². The number of aliphatic hydroxyl groups excluding tert-OH is 2. The van der Waals surface area contributed by atoms with Crippen molar-refractivity contribution in [1.82, 2.24) is 4.90 Å². The number of hydrogen-bond acceptors (Lipinski definition) is 3. The van der Waals surface area contributed by atoms with E-state index in [4.69, 9.17) is 0 Å². The van der Waals surface area contributed by atoms with Gasteiger partial charge in [0.2, 0.25) is 0 Å². The predicted molar refractivity (Wildman–Crippen MR) is 71.0 cm³/mol. The first-order valence-electron chi connectivity index (χ1n) is 7.29. The van der Waals surface area contributed by atoms with Crippen molar-refractivity contribution in [3.8, 4) is 0 Å². The summed E-state index contributed by atoms with van der Waals surface area (Å²) in [6, 6.07) is 0.759. The van der Waals surface area contributed by atoms with Crippen LogP contribution in [0.1, 0.15) is 58.8 Å². The van der Waals surface area contributed by atoms with Crippen molar-refractivity contribution in [2.24, 2.45) is 0 Å². The van der Waals surface area contributed by atoms with Crippen molar-refractivity contribution in [1.29, 1.82) is 0 Å². The molecular formula is C14H29NO2. The van der Waals surface area contributed by atoms with Gasteiger partial charge in [-0.2, -0.15) is 0 Å². The molecule has 2 atom stereocenters. The Morgan fingerprint density at radius 2 is 1.76 bits per heavy atom. The zero-order chi connectivity index (χ0) is 12.7. The van der Waals surface area contributed by atoms with Crippen LogP contribution in [0.25, 0.3) is 0 Å². The molecule has 1 aliphatic rings. The van der Waals surface area contributed by atoms with E-state index in [1.54, 1.807) is 0 Å². The summed E-state index contributed by atoms with van der Waals surface area (Å²) in [4.78, 5) is 2.36. The van der Waals surface area contributed by atoms with Crippen molar-refractivity contribution in [3.05, 3.63) is 0 Å². The Morgan fingerprint density at radius 1 is 1.12 bits per heavy atom. The van der Waals surface area contributed by atoms with Crippen LogP contribution in [0.4, 0.5) is 0 Å². The van der Waals surface area contributed by atoms with E-state index in [0.29, 0.717) is 12.6 Å². The van der Waals surface area contributed by atoms with Gasteiger partial charge in [-0.15, -0.1) is 0 Å². The number of nitrogens with zero attached hydrogens (tertiary/aromatic N) is 1. The summed E-state index contributed by atoms with van der Waals surface area (Å²) < 4.78 is 0. The fourth-order valence-electron chi connectivity index (χ4n) is 3.15. The SMILES string of the molecule is CCC(CC)N(CCO)C1CCCCCC1O. The molecule has 2 N–H and O–H groups in total. The van der Waals surface area contributed by atoms with Crippen LogP contribution in [-0.4, -0.2) is 46.5 Å². The highest BCUT2D eigenvalue weighted by Gasteiger charge is 2.30. The Bertz CT molecular complexity index is 195. The van der Waals surface area contributed by atoms with Crippen LogP contribution in [0.3, 0.4) is 0 Å². The summed E-state index contributed by atoms with van der Waals surface area (Å²) in [5.41, 5.74) is 0. The highest BCUT2D eigenvalue weighted by atomic mass is 16.3. The van der Waals surface area contributed by atoms with E-state index in [1.165, 1.54) is 12.8 Å². The molecule has 3 heteroatoms. The van der Waals surface area contributed by atoms with E-state index in [0.717, 1.165) is 32.1 Å². The Kier molecular flexibility index (Phi) is 7.09. The van der Waals surface area contributed by atoms with Gasteiger partial charge in [-0.1, -0.05) is 33.1 Å². The van der Waals surface area contributed by atoms with Crippen LogP contribution >= 0.6 is 0 Å². The number of rotatable bonds is 6. The summed E-state index contributed by atoms with van der Waals surface area (Å²) in [5.74, 6) is 0. The molecule has 0 saturated heterocycles. The van der Waals surface area contributed by atoms with Gasteiger partial charge in [-0.25, -0.2) is 0 Å². The molecule has 1 aliphatic carbocycles. The maximum atomic E-state index is 10.3. The van der Waals surface area contributed by atoms with Gasteiger partial charge in [0.25, 0.3) is 0 Å². The third kappa shape index (κ3) is 4.23. The average molecular weight is 243 g/mol. The molecule has 0 aromatic rings. The summed E-state index contributed by atoms with van der Waals surface area (Å²) in [5, 5.41) is 19.5. The topological polar surface area (TPSA) is 43.7 Å². The second-order valence-electron chi connectivity index (χ2n) is 5.20. The molecule has 0 heterocycles. The van der Waals surface area contributed by atoms with Gasteiger partial charge in [-0.05, 0) is 25.7 Å². The molecule has 1 fully saturated rings. The number of hydrogen-bond donors (Lipinski definition) is 2. The van der Waals surface area contributed by atoms with Crippen molar-refractivity contribution in [3.63, 3.8) is 0 Å². The maximum Gasteiger partial charge on any atom is 0.0695 e. The molecule has 0 bridgehead atoms. The molecular weight excluding hydrogens is 214 g/mol. The first kappa shape index (κ1) is 14.9. The highest BCUT2D eigenvalue weighted by molar-refractivity contribution is 4.85. The van der Waals surface area contributed by atoms with Crippen LogP contribution in [0.5, 0.6) is 0 Å². The molecule has 0 aromatic heterocycles. The van der Waals surface area contributed by atoms with E-state index < -0.39 is 0 Å². The maximum absolute atomic E-state index is 10.3. The molecule has 1 rings (SSSR count). The van der Waals surface area contributed by atoms with Gasteiger partial charge in [0.15, 0.2) is 0 Å². The molecule has 0 aromatic carbocycles. The van der Waals surface area contributed by atoms with Gasteiger partial charge < -0.3 is 10.2 Å². The first-order chi connectivity index (χ1) is 8.24. The van der Waals surface area contributed by atoms with Crippen molar-refractivity contribution >= 4 is 0 Å². The van der Waals surface area contributed by atoms with Gasteiger partial charge in [0, 0.05) is 18.6 Å². The van der Waals surface area contributed by atoms with Crippen LogP contribution < -0.4 is 0 Å². The average Bonchev–Trinajstić information content (AvgIpc) is 2.54. The lowest BCUT2D eigenvalue weighted by Gasteiger charge is -2.39. The van der Waals surface area contributed by atoms with Gasteiger partial charge >= 0.3 is 0 Å². The highest BCUT2D eigenvalue weighted by Crippen LogP contribution is 2.25. The predicted octanol–water partition coefficient (Wildman–Crippen LogP) is 2.16. The second-order valence-corrected chi connectivity index (χ2v) is 5.20. The van der Waals surface area contributed by atoms with Crippen LogP contribution in [-0.2, 0) is 0 Å². The summed E-state index contributed by atoms with van der Waals surface area (Å²) in [7, 11) is 0. The molecule has 1 saturated carbocycles. The number of aliphatic hydroxyl groups is 2. The van der Waals surface area contributed by atoms with Crippen LogP contribution in [0.15, 0.2) is 0 Å². The summed E-state index contributed by atoms with van der Waals surface area (Å²) >= 11 is 0. The molecule has 0 spiro atoms. The lowest BCUT2D eigenvalue weighted by Crippen LogP contribution is -2.49. The lowest BCUT2D eigenvalue weighted by molar-refractivity contribution is 0.00816. The zero-order valence-corrected chi connectivity index (χ0v) is 11.4. The van der Waals surface area contributed by atoms with E-state index in [9.17, 15) is 10.2 Å². The first-order valence-corrected chi connectivity index (χ1v) is 7.29. The molecule has 0 amide bonds. The Labute approximate surface area is 106 Å². The smallest absolute Gasteiger partial charge is 0.0695 e.